The molecule has 1 N–H and O–H groups in total. The number of anilines is 1. The number of nitrogens with one attached hydrogen (secondary N) is 1. The van der Waals surface area contributed by atoms with E-state index in [-0.39, 0.29) is 16.5 Å². The van der Waals surface area contributed by atoms with E-state index in [1.165, 1.54) is 17.0 Å². The summed E-state index contributed by atoms with van der Waals surface area (Å²) in [4.78, 5) is 27.0. The van der Waals surface area contributed by atoms with Gasteiger partial charge in [0.25, 0.3) is 11.8 Å². The number of hydrogen-bond donors (Lipinski definition) is 1. The van der Waals surface area contributed by atoms with Crippen molar-refractivity contribution < 1.29 is 14.0 Å². The van der Waals surface area contributed by atoms with Gasteiger partial charge in [0.2, 0.25) is 0 Å². The molecule has 2 aromatic carbocycles. The first-order valence-electron chi connectivity index (χ1n) is 9.28. The summed E-state index contributed by atoms with van der Waals surface area (Å²) in [6, 6.07) is 17.0. The number of thiocarbonyl (C=S) groups is 1. The molecule has 2 heterocycles. The highest BCUT2D eigenvalue weighted by atomic mass is 32.1. The fraction of sp³-hybridized carbons (Fsp3) is 0.0870. The van der Waals surface area contributed by atoms with Crippen molar-refractivity contribution in [1.29, 1.82) is 0 Å². The second kappa shape index (κ2) is 7.68. The smallest absolute Gasteiger partial charge is 0.270 e. The Morgan fingerprint density at radius 3 is 2.37 bits per heavy atom. The number of para-hydroxylation sites is 1. The van der Waals surface area contributed by atoms with Crippen LogP contribution in [0.15, 0.2) is 66.2 Å². The van der Waals surface area contributed by atoms with Gasteiger partial charge in [-0.25, -0.2) is 4.39 Å². The van der Waals surface area contributed by atoms with Crippen LogP contribution in [0.1, 0.15) is 17.0 Å². The van der Waals surface area contributed by atoms with Crippen LogP contribution in [0.25, 0.3) is 11.8 Å². The summed E-state index contributed by atoms with van der Waals surface area (Å²) in [5.74, 6) is -1.38. The molecule has 0 spiro atoms. The molecule has 0 radical (unpaired) electrons. The molecule has 150 valence electrons. The summed E-state index contributed by atoms with van der Waals surface area (Å²) in [6.07, 6.45) is 1.55. The molecule has 1 saturated heterocycles. The van der Waals surface area contributed by atoms with Crippen molar-refractivity contribution in [2.45, 2.75) is 13.8 Å². The largest absolute Gasteiger partial charge is 0.318 e. The average molecular weight is 419 g/mol. The molecule has 1 aliphatic heterocycles. The lowest BCUT2D eigenvalue weighted by Crippen LogP contribution is -2.54. The molecule has 1 aliphatic rings. The Labute approximate surface area is 178 Å². The number of halogens is 1. The number of aromatic nitrogens is 1. The van der Waals surface area contributed by atoms with Gasteiger partial charge in [-0.3, -0.25) is 19.8 Å². The lowest BCUT2D eigenvalue weighted by Gasteiger charge is -2.28. The molecule has 4 rings (SSSR count). The first kappa shape index (κ1) is 19.7. The van der Waals surface area contributed by atoms with Crippen molar-refractivity contribution >= 4 is 40.9 Å². The molecule has 0 unspecified atom stereocenters. The predicted molar refractivity (Wildman–Crippen MR) is 118 cm³/mol. The Morgan fingerprint density at radius 2 is 1.67 bits per heavy atom. The maximum Gasteiger partial charge on any atom is 0.270 e. The minimum atomic E-state index is -0.548. The molecule has 1 fully saturated rings. The van der Waals surface area contributed by atoms with Gasteiger partial charge in [0.15, 0.2) is 5.11 Å². The molecule has 1 aromatic heterocycles. The fourth-order valence-electron chi connectivity index (χ4n) is 3.57. The summed E-state index contributed by atoms with van der Waals surface area (Å²) in [7, 11) is 0. The van der Waals surface area contributed by atoms with Crippen molar-refractivity contribution in [3.8, 4) is 5.69 Å². The van der Waals surface area contributed by atoms with E-state index in [4.69, 9.17) is 12.2 Å². The van der Waals surface area contributed by atoms with Gasteiger partial charge in [0.1, 0.15) is 11.4 Å². The molecule has 30 heavy (non-hydrogen) atoms. The van der Waals surface area contributed by atoms with Crippen molar-refractivity contribution in [1.82, 2.24) is 9.88 Å². The highest BCUT2D eigenvalue weighted by molar-refractivity contribution is 7.80. The Kier molecular flexibility index (Phi) is 5.05. The number of aryl methyl sites for hydroxylation is 1. The summed E-state index contributed by atoms with van der Waals surface area (Å²) in [5, 5.41) is 2.62. The average Bonchev–Trinajstić information content (AvgIpc) is 2.99. The monoisotopic (exact) mass is 419 g/mol. The maximum absolute atomic E-state index is 13.7. The van der Waals surface area contributed by atoms with Gasteiger partial charge in [0, 0.05) is 17.1 Å². The minimum absolute atomic E-state index is 0.0213. The van der Waals surface area contributed by atoms with Crippen LogP contribution in [0.2, 0.25) is 0 Å². The van der Waals surface area contributed by atoms with Crippen LogP contribution in [0.4, 0.5) is 10.1 Å². The van der Waals surface area contributed by atoms with Crippen LogP contribution < -0.4 is 10.2 Å². The number of hydrogen-bond acceptors (Lipinski definition) is 3. The maximum atomic E-state index is 13.7. The van der Waals surface area contributed by atoms with Crippen molar-refractivity contribution in [2.75, 3.05) is 4.90 Å². The Morgan fingerprint density at radius 1 is 0.967 bits per heavy atom. The third-order valence-corrected chi connectivity index (χ3v) is 5.24. The quantitative estimate of drug-likeness (QED) is 0.396. The molecule has 0 bridgehead atoms. The highest BCUT2D eigenvalue weighted by Crippen LogP contribution is 2.26. The normalized spacial score (nSPS) is 15.6. The van der Waals surface area contributed by atoms with E-state index in [2.05, 4.69) is 5.32 Å². The van der Waals surface area contributed by atoms with Crippen LogP contribution in [0.5, 0.6) is 0 Å². The molecule has 7 heteroatoms. The van der Waals surface area contributed by atoms with Gasteiger partial charge in [0.05, 0.1) is 5.69 Å². The van der Waals surface area contributed by atoms with E-state index in [1.807, 2.05) is 30.5 Å². The number of nitrogens with zero attached hydrogens (tertiary/aromatic N) is 2. The van der Waals surface area contributed by atoms with E-state index < -0.39 is 11.8 Å². The minimum Gasteiger partial charge on any atom is -0.318 e. The first-order chi connectivity index (χ1) is 14.4. The van der Waals surface area contributed by atoms with Crippen molar-refractivity contribution in [2.24, 2.45) is 0 Å². The number of rotatable bonds is 3. The molecule has 5 nitrogen and oxygen atoms in total. The Hall–Kier alpha value is -3.58. The van der Waals surface area contributed by atoms with Crippen LogP contribution in [0, 0.1) is 19.7 Å². The van der Waals surface area contributed by atoms with Gasteiger partial charge in [-0.2, -0.15) is 0 Å². The molecular weight excluding hydrogens is 401 g/mol. The summed E-state index contributed by atoms with van der Waals surface area (Å²) in [5.41, 5.74) is 3.54. The van der Waals surface area contributed by atoms with E-state index in [1.54, 1.807) is 42.5 Å². The Bertz CT molecular complexity index is 1210. The lowest BCUT2D eigenvalue weighted by atomic mass is 10.1. The first-order valence-corrected chi connectivity index (χ1v) is 9.69. The van der Waals surface area contributed by atoms with E-state index in [0.29, 0.717) is 16.9 Å². The third kappa shape index (κ3) is 3.44. The molecule has 3 aromatic rings. The Balaban J connectivity index is 1.77. The molecule has 0 atom stereocenters. The zero-order valence-corrected chi connectivity index (χ0v) is 17.2. The van der Waals surface area contributed by atoms with E-state index >= 15 is 0 Å². The molecule has 2 amide bonds. The van der Waals surface area contributed by atoms with Gasteiger partial charge in [-0.1, -0.05) is 24.3 Å². The summed E-state index contributed by atoms with van der Waals surface area (Å²) >= 11 is 5.21. The molecular formula is C23H18FN3O2S. The van der Waals surface area contributed by atoms with Crippen LogP contribution in [-0.4, -0.2) is 21.5 Å². The number of carbonyl (C=O) groups is 2. The van der Waals surface area contributed by atoms with Gasteiger partial charge < -0.3 is 4.57 Å². The summed E-state index contributed by atoms with van der Waals surface area (Å²) in [6.45, 7) is 3.74. The van der Waals surface area contributed by atoms with Crippen LogP contribution >= 0.6 is 12.2 Å². The van der Waals surface area contributed by atoms with Crippen molar-refractivity contribution in [3.05, 3.63) is 89.0 Å². The second-order valence-corrected chi connectivity index (χ2v) is 7.32. The lowest BCUT2D eigenvalue weighted by molar-refractivity contribution is -0.122. The van der Waals surface area contributed by atoms with Gasteiger partial charge in [-0.15, -0.1) is 0 Å². The number of amides is 2. The standard InChI is InChI=1S/C23H18FN3O2S/c1-14-11-16(15(2)26(14)19-10-6-7-17(24)13-19)12-20-21(28)25-23(30)27(22(20)29)18-8-4-3-5-9-18/h3-13H,1-2H3,(H,25,28,30). The molecule has 0 saturated carbocycles. The third-order valence-electron chi connectivity index (χ3n) is 4.95. The van der Waals surface area contributed by atoms with Crippen LogP contribution in [0.3, 0.4) is 0 Å². The zero-order chi connectivity index (χ0) is 21.4. The van der Waals surface area contributed by atoms with Crippen LogP contribution in [-0.2, 0) is 9.59 Å². The topological polar surface area (TPSA) is 54.3 Å². The fourth-order valence-corrected chi connectivity index (χ4v) is 3.85. The van der Waals surface area contributed by atoms with Gasteiger partial charge >= 0.3 is 0 Å². The van der Waals surface area contributed by atoms with Gasteiger partial charge in [-0.05, 0) is 74.1 Å². The van der Waals surface area contributed by atoms with Crippen molar-refractivity contribution in [3.63, 3.8) is 0 Å². The summed E-state index contributed by atoms with van der Waals surface area (Å²) < 4.78 is 15.6. The number of benzene rings is 2. The molecule has 0 aliphatic carbocycles. The SMILES string of the molecule is Cc1cc(C=C2C(=O)NC(=S)N(c3ccccc3)C2=O)c(C)n1-c1cccc(F)c1. The highest BCUT2D eigenvalue weighted by Gasteiger charge is 2.34. The predicted octanol–water partition coefficient (Wildman–Crippen LogP) is 4.06. The zero-order valence-electron chi connectivity index (χ0n) is 16.3. The van der Waals surface area contributed by atoms with E-state index in [0.717, 1.165) is 11.4 Å². The number of carbonyl (C=O) groups excluding carboxylic acids is 2. The second-order valence-electron chi connectivity index (χ2n) is 6.94. The van der Waals surface area contributed by atoms with E-state index in [9.17, 15) is 14.0 Å².